The highest BCUT2D eigenvalue weighted by Gasteiger charge is 2.19. The summed E-state index contributed by atoms with van der Waals surface area (Å²) in [7, 11) is 0. The Morgan fingerprint density at radius 3 is 2.74 bits per heavy atom. The zero-order valence-corrected chi connectivity index (χ0v) is 12.4. The lowest BCUT2D eigenvalue weighted by Gasteiger charge is -2.21. The monoisotopic (exact) mass is 277 g/mol. The number of imidazole rings is 1. The Balaban J connectivity index is 2.52. The molecule has 0 aliphatic carbocycles. The van der Waals surface area contributed by atoms with Crippen molar-refractivity contribution < 1.29 is 0 Å². The van der Waals surface area contributed by atoms with Crippen LogP contribution in [0.4, 0.5) is 0 Å². The number of benzene rings is 1. The van der Waals surface area contributed by atoms with Gasteiger partial charge in [-0.1, -0.05) is 31.5 Å². The van der Waals surface area contributed by atoms with Crippen LogP contribution in [0.25, 0.3) is 5.69 Å². The summed E-state index contributed by atoms with van der Waals surface area (Å²) < 4.78 is 2.10. The summed E-state index contributed by atoms with van der Waals surface area (Å²) in [5.41, 5.74) is 9.29. The topological polar surface area (TPSA) is 43.8 Å². The summed E-state index contributed by atoms with van der Waals surface area (Å²) >= 11 is 6.10. The summed E-state index contributed by atoms with van der Waals surface area (Å²) in [6.45, 7) is 7.05. The first-order valence-electron chi connectivity index (χ1n) is 6.53. The van der Waals surface area contributed by atoms with Gasteiger partial charge in [-0.2, -0.15) is 0 Å². The van der Waals surface area contributed by atoms with E-state index in [1.165, 1.54) is 5.56 Å². The van der Waals surface area contributed by atoms with Crippen LogP contribution in [-0.2, 0) is 0 Å². The molecule has 2 rings (SSSR count). The van der Waals surface area contributed by atoms with Gasteiger partial charge in [0.2, 0.25) is 0 Å². The Labute approximate surface area is 119 Å². The number of aryl methyl sites for hydroxylation is 1. The molecular formula is C15H20ClN3. The van der Waals surface area contributed by atoms with E-state index in [1.54, 1.807) is 0 Å². The highest BCUT2D eigenvalue weighted by Crippen LogP contribution is 2.27. The lowest BCUT2D eigenvalue weighted by atomic mass is 9.93. The Kier molecular flexibility index (Phi) is 4.27. The standard InChI is InChI=1S/C15H20ClN3/c1-10(2)13(7-17)15-8-18-9-19(15)14-6-12(16)5-4-11(14)3/h4-6,8-10,13H,7,17H2,1-3H3. The van der Waals surface area contributed by atoms with Gasteiger partial charge in [0.15, 0.2) is 0 Å². The fourth-order valence-corrected chi connectivity index (χ4v) is 2.52. The van der Waals surface area contributed by atoms with Crippen molar-refractivity contribution in [3.05, 3.63) is 47.0 Å². The molecule has 2 aromatic rings. The van der Waals surface area contributed by atoms with E-state index in [9.17, 15) is 0 Å². The SMILES string of the molecule is Cc1ccc(Cl)cc1-n1cncc1C(CN)C(C)C. The number of halogens is 1. The first kappa shape index (κ1) is 14.1. The molecule has 0 amide bonds. The molecule has 1 heterocycles. The van der Waals surface area contributed by atoms with Crippen LogP contribution in [0.5, 0.6) is 0 Å². The third-order valence-electron chi connectivity index (χ3n) is 3.54. The summed E-state index contributed by atoms with van der Waals surface area (Å²) in [5, 5.41) is 0.731. The third kappa shape index (κ3) is 2.82. The zero-order valence-electron chi connectivity index (χ0n) is 11.6. The fraction of sp³-hybridized carbons (Fsp3) is 0.400. The Hall–Kier alpha value is -1.32. The molecule has 0 aliphatic rings. The van der Waals surface area contributed by atoms with Crippen LogP contribution >= 0.6 is 11.6 Å². The number of aromatic nitrogens is 2. The van der Waals surface area contributed by atoms with E-state index in [4.69, 9.17) is 17.3 Å². The molecule has 0 radical (unpaired) electrons. The van der Waals surface area contributed by atoms with Crippen molar-refractivity contribution in [1.29, 1.82) is 0 Å². The summed E-state index contributed by atoms with van der Waals surface area (Å²) in [6.07, 6.45) is 3.73. The van der Waals surface area contributed by atoms with Crippen LogP contribution in [0, 0.1) is 12.8 Å². The average Bonchev–Trinajstić information content (AvgIpc) is 2.81. The largest absolute Gasteiger partial charge is 0.330 e. The van der Waals surface area contributed by atoms with Gasteiger partial charge in [0.05, 0.1) is 12.0 Å². The maximum atomic E-state index is 6.10. The van der Waals surface area contributed by atoms with Gasteiger partial charge < -0.3 is 10.3 Å². The fourth-order valence-electron chi connectivity index (χ4n) is 2.36. The van der Waals surface area contributed by atoms with Gasteiger partial charge >= 0.3 is 0 Å². The summed E-state index contributed by atoms with van der Waals surface area (Å²) in [4.78, 5) is 4.28. The molecule has 19 heavy (non-hydrogen) atoms. The van der Waals surface area contributed by atoms with E-state index in [1.807, 2.05) is 30.7 Å². The second-order valence-corrected chi connectivity index (χ2v) is 5.64. The van der Waals surface area contributed by atoms with Crippen molar-refractivity contribution in [1.82, 2.24) is 9.55 Å². The summed E-state index contributed by atoms with van der Waals surface area (Å²) in [5.74, 6) is 0.765. The molecule has 1 aromatic carbocycles. The smallest absolute Gasteiger partial charge is 0.0994 e. The number of hydrogen-bond donors (Lipinski definition) is 1. The van der Waals surface area contributed by atoms with Crippen LogP contribution in [-0.4, -0.2) is 16.1 Å². The predicted molar refractivity (Wildman–Crippen MR) is 79.9 cm³/mol. The van der Waals surface area contributed by atoms with E-state index in [-0.39, 0.29) is 0 Å². The van der Waals surface area contributed by atoms with Crippen LogP contribution in [0.1, 0.15) is 31.0 Å². The van der Waals surface area contributed by atoms with Crippen LogP contribution in [0.15, 0.2) is 30.7 Å². The zero-order chi connectivity index (χ0) is 14.0. The van der Waals surface area contributed by atoms with E-state index < -0.39 is 0 Å². The molecule has 2 N–H and O–H groups in total. The lowest BCUT2D eigenvalue weighted by molar-refractivity contribution is 0.489. The highest BCUT2D eigenvalue weighted by molar-refractivity contribution is 6.30. The van der Waals surface area contributed by atoms with Crippen LogP contribution in [0.3, 0.4) is 0 Å². The van der Waals surface area contributed by atoms with Gasteiger partial charge in [0, 0.05) is 29.4 Å². The second kappa shape index (κ2) is 5.76. The quantitative estimate of drug-likeness (QED) is 0.929. The molecule has 102 valence electrons. The van der Waals surface area contributed by atoms with Crippen LogP contribution in [0.2, 0.25) is 5.02 Å². The molecule has 4 heteroatoms. The van der Waals surface area contributed by atoms with Crippen molar-refractivity contribution in [3.8, 4) is 5.69 Å². The van der Waals surface area contributed by atoms with E-state index in [2.05, 4.69) is 30.3 Å². The minimum Gasteiger partial charge on any atom is -0.330 e. The minimum atomic E-state index is 0.292. The molecule has 3 nitrogen and oxygen atoms in total. The van der Waals surface area contributed by atoms with Crippen LogP contribution < -0.4 is 5.73 Å². The predicted octanol–water partition coefficient (Wildman–Crippen LogP) is 3.53. The number of nitrogens with zero attached hydrogens (tertiary/aromatic N) is 2. The van der Waals surface area contributed by atoms with Gasteiger partial charge in [-0.15, -0.1) is 0 Å². The maximum absolute atomic E-state index is 6.10. The van der Waals surface area contributed by atoms with Crippen molar-refractivity contribution in [2.75, 3.05) is 6.54 Å². The van der Waals surface area contributed by atoms with Crippen molar-refractivity contribution in [2.24, 2.45) is 11.7 Å². The normalized spacial score (nSPS) is 12.9. The molecule has 1 unspecified atom stereocenters. The van der Waals surface area contributed by atoms with E-state index >= 15 is 0 Å². The van der Waals surface area contributed by atoms with Crippen molar-refractivity contribution in [2.45, 2.75) is 26.7 Å². The average molecular weight is 278 g/mol. The Morgan fingerprint density at radius 2 is 2.11 bits per heavy atom. The lowest BCUT2D eigenvalue weighted by Crippen LogP contribution is -2.20. The molecule has 0 saturated heterocycles. The van der Waals surface area contributed by atoms with Crippen molar-refractivity contribution in [3.63, 3.8) is 0 Å². The highest BCUT2D eigenvalue weighted by atomic mass is 35.5. The van der Waals surface area contributed by atoms with Gasteiger partial charge in [-0.05, 0) is 30.5 Å². The molecular weight excluding hydrogens is 258 g/mol. The molecule has 1 atom stereocenters. The number of hydrogen-bond acceptors (Lipinski definition) is 2. The van der Waals surface area contributed by atoms with E-state index in [0.717, 1.165) is 16.4 Å². The van der Waals surface area contributed by atoms with Gasteiger partial charge in [0.25, 0.3) is 0 Å². The first-order valence-corrected chi connectivity index (χ1v) is 6.91. The molecule has 0 fully saturated rings. The van der Waals surface area contributed by atoms with Crippen molar-refractivity contribution >= 4 is 11.6 Å². The van der Waals surface area contributed by atoms with Gasteiger partial charge in [-0.3, -0.25) is 0 Å². The molecule has 0 bridgehead atoms. The number of nitrogens with two attached hydrogens (primary N) is 1. The molecule has 0 saturated carbocycles. The van der Waals surface area contributed by atoms with Gasteiger partial charge in [0.1, 0.15) is 0 Å². The minimum absolute atomic E-state index is 0.292. The van der Waals surface area contributed by atoms with E-state index in [0.29, 0.717) is 18.4 Å². The second-order valence-electron chi connectivity index (χ2n) is 5.21. The van der Waals surface area contributed by atoms with Gasteiger partial charge in [-0.25, -0.2) is 4.98 Å². The Bertz CT molecular complexity index is 560. The molecule has 0 spiro atoms. The third-order valence-corrected chi connectivity index (χ3v) is 3.77. The maximum Gasteiger partial charge on any atom is 0.0994 e. The summed E-state index contributed by atoms with van der Waals surface area (Å²) in [6, 6.07) is 5.89. The Morgan fingerprint density at radius 1 is 1.37 bits per heavy atom. The number of rotatable bonds is 4. The first-order chi connectivity index (χ1) is 9.04. The molecule has 0 aliphatic heterocycles. The molecule has 1 aromatic heterocycles.